The molecule has 20 heavy (non-hydrogen) atoms. The molecule has 0 aliphatic carbocycles. The summed E-state index contributed by atoms with van der Waals surface area (Å²) in [6.45, 7) is 2.47. The summed E-state index contributed by atoms with van der Waals surface area (Å²) >= 11 is 0. The minimum absolute atomic E-state index is 0. The van der Waals surface area contributed by atoms with Crippen molar-refractivity contribution in [2.45, 2.75) is 24.3 Å². The first-order valence-corrected chi connectivity index (χ1v) is 7.47. The molecule has 2 unspecified atom stereocenters. The standard InChI is InChI=1S/C12H16F2N2O2S.ClH/c1-8-7-16(5-4-12(8)15)19(17,18)9-2-3-10(13)11(14)6-9;/h2-3,6,8,12H,4-5,7,15H2,1H3;1H. The molecule has 1 aromatic carbocycles. The van der Waals surface area contributed by atoms with E-state index in [1.165, 1.54) is 4.31 Å². The summed E-state index contributed by atoms with van der Waals surface area (Å²) in [4.78, 5) is -0.228. The predicted octanol–water partition coefficient (Wildman–Crippen LogP) is 1.74. The average molecular weight is 327 g/mol. The van der Waals surface area contributed by atoms with Crippen molar-refractivity contribution in [1.29, 1.82) is 0 Å². The molecular formula is C12H17ClF2N2O2S. The Balaban J connectivity index is 0.00000200. The van der Waals surface area contributed by atoms with Crippen molar-refractivity contribution in [3.05, 3.63) is 29.8 Å². The van der Waals surface area contributed by atoms with E-state index in [0.717, 1.165) is 12.1 Å². The molecule has 0 amide bonds. The van der Waals surface area contributed by atoms with Crippen molar-refractivity contribution in [1.82, 2.24) is 4.31 Å². The third kappa shape index (κ3) is 3.28. The van der Waals surface area contributed by atoms with Gasteiger partial charge in [0.25, 0.3) is 0 Å². The molecule has 0 radical (unpaired) electrons. The van der Waals surface area contributed by atoms with Gasteiger partial charge in [-0.2, -0.15) is 4.31 Å². The Labute approximate surface area is 123 Å². The van der Waals surface area contributed by atoms with Gasteiger partial charge in [-0.25, -0.2) is 17.2 Å². The summed E-state index contributed by atoms with van der Waals surface area (Å²) in [7, 11) is -3.79. The zero-order chi connectivity index (χ0) is 14.2. The summed E-state index contributed by atoms with van der Waals surface area (Å²) in [5, 5.41) is 0. The molecule has 0 aromatic heterocycles. The quantitative estimate of drug-likeness (QED) is 0.900. The van der Waals surface area contributed by atoms with Gasteiger partial charge in [-0.1, -0.05) is 6.92 Å². The van der Waals surface area contributed by atoms with Gasteiger partial charge in [0, 0.05) is 19.1 Å². The second kappa shape index (κ2) is 6.34. The van der Waals surface area contributed by atoms with Gasteiger partial charge in [0.1, 0.15) is 0 Å². The Morgan fingerprint density at radius 1 is 1.30 bits per heavy atom. The monoisotopic (exact) mass is 326 g/mol. The molecule has 1 aliphatic rings. The van der Waals surface area contributed by atoms with Crippen molar-refractivity contribution < 1.29 is 17.2 Å². The lowest BCUT2D eigenvalue weighted by Gasteiger charge is -2.34. The number of hydrogen-bond donors (Lipinski definition) is 1. The number of halogens is 3. The first-order chi connectivity index (χ1) is 8.82. The highest BCUT2D eigenvalue weighted by molar-refractivity contribution is 7.89. The number of sulfonamides is 1. The normalized spacial score (nSPS) is 24.2. The van der Waals surface area contributed by atoms with E-state index in [-0.39, 0.29) is 29.3 Å². The number of nitrogens with two attached hydrogens (primary N) is 1. The molecule has 8 heteroatoms. The number of rotatable bonds is 2. The number of hydrogen-bond acceptors (Lipinski definition) is 3. The van der Waals surface area contributed by atoms with Gasteiger partial charge in [0.05, 0.1) is 4.90 Å². The molecule has 1 aromatic rings. The molecule has 114 valence electrons. The van der Waals surface area contributed by atoms with Gasteiger partial charge in [-0.15, -0.1) is 12.4 Å². The summed E-state index contributed by atoms with van der Waals surface area (Å²) in [5.41, 5.74) is 5.84. The van der Waals surface area contributed by atoms with E-state index >= 15 is 0 Å². The van der Waals surface area contributed by atoms with E-state index in [1.807, 2.05) is 6.92 Å². The van der Waals surface area contributed by atoms with Crippen LogP contribution in [0.15, 0.2) is 23.1 Å². The summed E-state index contributed by atoms with van der Waals surface area (Å²) < 4.78 is 51.8. The lowest BCUT2D eigenvalue weighted by molar-refractivity contribution is 0.250. The maximum absolute atomic E-state index is 13.1. The number of nitrogens with zero attached hydrogens (tertiary/aromatic N) is 1. The smallest absolute Gasteiger partial charge is 0.243 e. The molecule has 1 saturated heterocycles. The zero-order valence-corrected chi connectivity index (χ0v) is 12.6. The molecule has 1 fully saturated rings. The SMILES string of the molecule is CC1CN(S(=O)(=O)c2ccc(F)c(F)c2)CCC1N.Cl. The zero-order valence-electron chi connectivity index (χ0n) is 10.9. The highest BCUT2D eigenvalue weighted by Gasteiger charge is 2.32. The Kier molecular flexibility index (Phi) is 5.48. The molecule has 1 aliphatic heterocycles. The van der Waals surface area contributed by atoms with Crippen LogP contribution in [-0.2, 0) is 10.0 Å². The largest absolute Gasteiger partial charge is 0.327 e. The summed E-state index contributed by atoms with van der Waals surface area (Å²) in [6, 6.07) is 2.58. The molecule has 0 saturated carbocycles. The minimum atomic E-state index is -3.79. The molecule has 2 N–H and O–H groups in total. The maximum Gasteiger partial charge on any atom is 0.243 e. The van der Waals surface area contributed by atoms with Crippen LogP contribution in [0.2, 0.25) is 0 Å². The van der Waals surface area contributed by atoms with Crippen LogP contribution in [0, 0.1) is 17.6 Å². The third-order valence-electron chi connectivity index (χ3n) is 3.46. The van der Waals surface area contributed by atoms with E-state index in [2.05, 4.69) is 0 Å². The van der Waals surface area contributed by atoms with E-state index in [4.69, 9.17) is 5.73 Å². The molecule has 0 bridgehead atoms. The second-order valence-electron chi connectivity index (χ2n) is 4.87. The maximum atomic E-state index is 13.1. The lowest BCUT2D eigenvalue weighted by atomic mass is 9.96. The van der Waals surface area contributed by atoms with Crippen LogP contribution in [0.4, 0.5) is 8.78 Å². The number of piperidine rings is 1. The van der Waals surface area contributed by atoms with E-state index in [0.29, 0.717) is 25.6 Å². The van der Waals surface area contributed by atoms with Gasteiger partial charge in [0.15, 0.2) is 11.6 Å². The Bertz CT molecular complexity index is 583. The first-order valence-electron chi connectivity index (χ1n) is 6.03. The fourth-order valence-electron chi connectivity index (χ4n) is 2.13. The van der Waals surface area contributed by atoms with E-state index in [9.17, 15) is 17.2 Å². The van der Waals surface area contributed by atoms with Crippen LogP contribution in [0.3, 0.4) is 0 Å². The van der Waals surface area contributed by atoms with Crippen molar-refractivity contribution >= 4 is 22.4 Å². The van der Waals surface area contributed by atoms with Crippen LogP contribution in [0.5, 0.6) is 0 Å². The average Bonchev–Trinajstić information content (AvgIpc) is 2.35. The fraction of sp³-hybridized carbons (Fsp3) is 0.500. The van der Waals surface area contributed by atoms with Crippen molar-refractivity contribution in [2.24, 2.45) is 11.7 Å². The molecule has 2 rings (SSSR count). The van der Waals surface area contributed by atoms with Gasteiger partial charge >= 0.3 is 0 Å². The minimum Gasteiger partial charge on any atom is -0.327 e. The van der Waals surface area contributed by atoms with Crippen LogP contribution in [-0.4, -0.2) is 31.9 Å². The van der Waals surface area contributed by atoms with Gasteiger partial charge in [-0.05, 0) is 30.5 Å². The van der Waals surface area contributed by atoms with Gasteiger partial charge in [0.2, 0.25) is 10.0 Å². The Morgan fingerprint density at radius 2 is 1.95 bits per heavy atom. The topological polar surface area (TPSA) is 63.4 Å². The molecule has 4 nitrogen and oxygen atoms in total. The molecule has 0 spiro atoms. The highest BCUT2D eigenvalue weighted by atomic mass is 35.5. The van der Waals surface area contributed by atoms with E-state index < -0.39 is 21.7 Å². The van der Waals surface area contributed by atoms with Gasteiger partial charge in [-0.3, -0.25) is 0 Å². The molecular weight excluding hydrogens is 310 g/mol. The van der Waals surface area contributed by atoms with Crippen LogP contribution in [0.1, 0.15) is 13.3 Å². The fourth-order valence-corrected chi connectivity index (χ4v) is 3.70. The lowest BCUT2D eigenvalue weighted by Crippen LogP contribution is -2.48. The molecule has 2 atom stereocenters. The van der Waals surface area contributed by atoms with Crippen LogP contribution in [0.25, 0.3) is 0 Å². The highest BCUT2D eigenvalue weighted by Crippen LogP contribution is 2.24. The third-order valence-corrected chi connectivity index (χ3v) is 5.32. The summed E-state index contributed by atoms with van der Waals surface area (Å²) in [6.07, 6.45) is 0.560. The van der Waals surface area contributed by atoms with Crippen LogP contribution < -0.4 is 5.73 Å². The first kappa shape index (κ1) is 17.3. The Hall–Kier alpha value is -0.760. The van der Waals surface area contributed by atoms with Crippen molar-refractivity contribution in [2.75, 3.05) is 13.1 Å². The van der Waals surface area contributed by atoms with Crippen molar-refractivity contribution in [3.8, 4) is 0 Å². The predicted molar refractivity (Wildman–Crippen MR) is 74.1 cm³/mol. The Morgan fingerprint density at radius 3 is 2.50 bits per heavy atom. The second-order valence-corrected chi connectivity index (χ2v) is 6.81. The van der Waals surface area contributed by atoms with Gasteiger partial charge < -0.3 is 5.73 Å². The van der Waals surface area contributed by atoms with Crippen LogP contribution >= 0.6 is 12.4 Å². The van der Waals surface area contributed by atoms with Crippen molar-refractivity contribution in [3.63, 3.8) is 0 Å². The van der Waals surface area contributed by atoms with E-state index in [1.54, 1.807) is 0 Å². The molecule has 1 heterocycles. The number of benzene rings is 1. The summed E-state index contributed by atoms with van der Waals surface area (Å²) in [5.74, 6) is -2.19.